The van der Waals surface area contributed by atoms with Gasteiger partial charge in [-0.1, -0.05) is 79.7 Å². The molecule has 19 heavy (non-hydrogen) atoms. The van der Waals surface area contributed by atoms with Crippen LogP contribution in [0.5, 0.6) is 0 Å². The van der Waals surface area contributed by atoms with Crippen molar-refractivity contribution < 1.29 is 0 Å². The fourth-order valence-electron chi connectivity index (χ4n) is 2.62. The van der Waals surface area contributed by atoms with Crippen LogP contribution in [0.25, 0.3) is 10.8 Å². The molecular weight excluding hydrogens is 228 g/mol. The molecule has 0 saturated heterocycles. The highest BCUT2D eigenvalue weighted by Gasteiger charge is 2.06. The maximum atomic E-state index is 2.31. The number of rotatable bonds is 3. The van der Waals surface area contributed by atoms with Crippen molar-refractivity contribution in [3.8, 4) is 0 Å². The minimum Gasteiger partial charge on any atom is -0.0622 e. The Kier molecular flexibility index (Phi) is 3.33. The fourth-order valence-corrected chi connectivity index (χ4v) is 2.62. The summed E-state index contributed by atoms with van der Waals surface area (Å²) in [4.78, 5) is 0. The normalized spacial score (nSPS) is 12.5. The molecule has 3 aromatic carbocycles. The van der Waals surface area contributed by atoms with E-state index in [-0.39, 0.29) is 0 Å². The van der Waals surface area contributed by atoms with E-state index in [4.69, 9.17) is 0 Å². The van der Waals surface area contributed by atoms with Gasteiger partial charge < -0.3 is 0 Å². The van der Waals surface area contributed by atoms with Gasteiger partial charge in [0.1, 0.15) is 0 Å². The van der Waals surface area contributed by atoms with Crippen LogP contribution in [0, 0.1) is 0 Å². The Morgan fingerprint density at radius 3 is 2.21 bits per heavy atom. The van der Waals surface area contributed by atoms with Crippen LogP contribution < -0.4 is 0 Å². The fraction of sp³-hybridized carbons (Fsp3) is 0.158. The molecule has 3 rings (SSSR count). The highest BCUT2D eigenvalue weighted by Crippen LogP contribution is 2.22. The molecule has 0 radical (unpaired) electrons. The summed E-state index contributed by atoms with van der Waals surface area (Å²) in [6, 6.07) is 26.1. The SMILES string of the molecule is CC(Cc1ccc2ccccc2c1)c1ccccc1. The average molecular weight is 246 g/mol. The summed E-state index contributed by atoms with van der Waals surface area (Å²) in [5, 5.41) is 2.65. The Morgan fingerprint density at radius 2 is 1.42 bits per heavy atom. The number of hydrogen-bond donors (Lipinski definition) is 0. The lowest BCUT2D eigenvalue weighted by molar-refractivity contribution is 0.760. The number of fused-ring (bicyclic) bond motifs is 1. The summed E-state index contributed by atoms with van der Waals surface area (Å²) in [6.45, 7) is 2.30. The lowest BCUT2D eigenvalue weighted by Crippen LogP contribution is -1.98. The van der Waals surface area contributed by atoms with Crippen LogP contribution in [0.4, 0.5) is 0 Å². The molecule has 0 saturated carbocycles. The molecule has 0 fully saturated rings. The van der Waals surface area contributed by atoms with Crippen LogP contribution in [0.1, 0.15) is 24.0 Å². The van der Waals surface area contributed by atoms with Crippen LogP contribution in [-0.4, -0.2) is 0 Å². The zero-order valence-electron chi connectivity index (χ0n) is 11.2. The molecule has 0 bridgehead atoms. The van der Waals surface area contributed by atoms with Crippen molar-refractivity contribution in [3.05, 3.63) is 83.9 Å². The Balaban J connectivity index is 1.85. The average Bonchev–Trinajstić information content (AvgIpc) is 2.48. The zero-order valence-corrected chi connectivity index (χ0v) is 11.2. The molecule has 0 aromatic heterocycles. The topological polar surface area (TPSA) is 0 Å². The van der Waals surface area contributed by atoms with Gasteiger partial charge in [-0.05, 0) is 34.2 Å². The van der Waals surface area contributed by atoms with E-state index in [2.05, 4.69) is 79.7 Å². The monoisotopic (exact) mass is 246 g/mol. The van der Waals surface area contributed by atoms with Crippen LogP contribution in [0.2, 0.25) is 0 Å². The van der Waals surface area contributed by atoms with E-state index < -0.39 is 0 Å². The summed E-state index contributed by atoms with van der Waals surface area (Å²) in [5.74, 6) is 0.558. The van der Waals surface area contributed by atoms with E-state index in [9.17, 15) is 0 Å². The molecule has 0 aliphatic heterocycles. The first kappa shape index (κ1) is 12.0. The Bertz CT molecular complexity index is 668. The molecule has 94 valence electrons. The minimum absolute atomic E-state index is 0.558. The second-order valence-corrected chi connectivity index (χ2v) is 5.20. The van der Waals surface area contributed by atoms with Gasteiger partial charge in [-0.25, -0.2) is 0 Å². The number of benzene rings is 3. The summed E-state index contributed by atoms with van der Waals surface area (Å²) >= 11 is 0. The van der Waals surface area contributed by atoms with E-state index in [1.54, 1.807) is 0 Å². The van der Waals surface area contributed by atoms with Crippen molar-refractivity contribution >= 4 is 10.8 Å². The van der Waals surface area contributed by atoms with Crippen molar-refractivity contribution in [2.45, 2.75) is 19.3 Å². The van der Waals surface area contributed by atoms with Gasteiger partial charge in [-0.3, -0.25) is 0 Å². The maximum Gasteiger partial charge on any atom is -0.0150 e. The van der Waals surface area contributed by atoms with E-state index >= 15 is 0 Å². The van der Waals surface area contributed by atoms with Gasteiger partial charge >= 0.3 is 0 Å². The largest absolute Gasteiger partial charge is 0.0622 e. The van der Waals surface area contributed by atoms with Crippen molar-refractivity contribution in [1.29, 1.82) is 0 Å². The van der Waals surface area contributed by atoms with Gasteiger partial charge in [0, 0.05) is 0 Å². The molecule has 3 aromatic rings. The third kappa shape index (κ3) is 2.68. The number of hydrogen-bond acceptors (Lipinski definition) is 0. The van der Waals surface area contributed by atoms with Crippen molar-refractivity contribution in [1.82, 2.24) is 0 Å². The predicted molar refractivity (Wildman–Crippen MR) is 82.5 cm³/mol. The van der Waals surface area contributed by atoms with Gasteiger partial charge in [0.25, 0.3) is 0 Å². The van der Waals surface area contributed by atoms with Gasteiger partial charge in [-0.15, -0.1) is 0 Å². The molecule has 0 N–H and O–H groups in total. The smallest absolute Gasteiger partial charge is 0.0150 e. The molecule has 1 unspecified atom stereocenters. The summed E-state index contributed by atoms with van der Waals surface area (Å²) in [5.41, 5.74) is 2.82. The van der Waals surface area contributed by atoms with E-state index in [0.717, 1.165) is 6.42 Å². The Labute approximate surface area is 114 Å². The Hall–Kier alpha value is -2.08. The van der Waals surface area contributed by atoms with E-state index in [1.165, 1.54) is 21.9 Å². The first-order valence-corrected chi connectivity index (χ1v) is 6.85. The van der Waals surface area contributed by atoms with Crippen molar-refractivity contribution in [2.24, 2.45) is 0 Å². The molecule has 0 aliphatic rings. The van der Waals surface area contributed by atoms with E-state index in [1.807, 2.05) is 0 Å². The summed E-state index contributed by atoms with van der Waals surface area (Å²) in [6.07, 6.45) is 1.09. The second kappa shape index (κ2) is 5.27. The second-order valence-electron chi connectivity index (χ2n) is 5.20. The first-order valence-electron chi connectivity index (χ1n) is 6.85. The van der Waals surface area contributed by atoms with Crippen molar-refractivity contribution in [3.63, 3.8) is 0 Å². The maximum absolute atomic E-state index is 2.31. The van der Waals surface area contributed by atoms with Crippen LogP contribution in [0.3, 0.4) is 0 Å². The van der Waals surface area contributed by atoms with Gasteiger partial charge in [0.15, 0.2) is 0 Å². The molecule has 0 heteroatoms. The molecule has 0 nitrogen and oxygen atoms in total. The van der Waals surface area contributed by atoms with Crippen LogP contribution in [-0.2, 0) is 6.42 Å². The van der Waals surface area contributed by atoms with Gasteiger partial charge in [-0.2, -0.15) is 0 Å². The molecule has 0 heterocycles. The zero-order chi connectivity index (χ0) is 13.1. The Morgan fingerprint density at radius 1 is 0.737 bits per heavy atom. The third-order valence-corrected chi connectivity index (χ3v) is 3.72. The van der Waals surface area contributed by atoms with Crippen LogP contribution in [0.15, 0.2) is 72.8 Å². The predicted octanol–water partition coefficient (Wildman–Crippen LogP) is 5.19. The quantitative estimate of drug-likeness (QED) is 0.597. The molecule has 1 atom stereocenters. The highest BCUT2D eigenvalue weighted by atomic mass is 14.1. The standard InChI is InChI=1S/C19H18/c1-15(17-7-3-2-4-8-17)13-16-11-12-18-9-5-6-10-19(18)14-16/h2-12,14-15H,13H2,1H3. The molecule has 0 spiro atoms. The lowest BCUT2D eigenvalue weighted by atomic mass is 9.93. The molecular formula is C19H18. The molecule has 0 aliphatic carbocycles. The highest BCUT2D eigenvalue weighted by molar-refractivity contribution is 5.83. The van der Waals surface area contributed by atoms with Crippen molar-refractivity contribution in [2.75, 3.05) is 0 Å². The first-order chi connectivity index (χ1) is 9.33. The molecule has 0 amide bonds. The minimum atomic E-state index is 0.558. The van der Waals surface area contributed by atoms with E-state index in [0.29, 0.717) is 5.92 Å². The van der Waals surface area contributed by atoms with Gasteiger partial charge in [0.05, 0.1) is 0 Å². The van der Waals surface area contributed by atoms with Crippen LogP contribution >= 0.6 is 0 Å². The lowest BCUT2D eigenvalue weighted by Gasteiger charge is -2.12. The van der Waals surface area contributed by atoms with Gasteiger partial charge in [0.2, 0.25) is 0 Å². The third-order valence-electron chi connectivity index (χ3n) is 3.72. The summed E-state index contributed by atoms with van der Waals surface area (Å²) < 4.78 is 0. The summed E-state index contributed by atoms with van der Waals surface area (Å²) in [7, 11) is 0.